The minimum atomic E-state index is -0.876. The summed E-state index contributed by atoms with van der Waals surface area (Å²) in [5.74, 6) is -1.32. The monoisotopic (exact) mass is 391 g/mol. The molecular formula is C19H18ClNO6. The van der Waals surface area contributed by atoms with E-state index in [1.807, 2.05) is 0 Å². The lowest BCUT2D eigenvalue weighted by Crippen LogP contribution is -2.31. The van der Waals surface area contributed by atoms with Crippen molar-refractivity contribution < 1.29 is 28.6 Å². The molecule has 8 heteroatoms. The first-order chi connectivity index (χ1) is 12.8. The lowest BCUT2D eigenvalue weighted by molar-refractivity contribution is -0.122. The van der Waals surface area contributed by atoms with E-state index >= 15 is 0 Å². The SMILES string of the molecule is COC(=O)c1ccc(C(=O)OC)c(NC(=O)[C@H](C)Oc2ccc(Cl)cc2)c1. The number of amides is 1. The van der Waals surface area contributed by atoms with Crippen molar-refractivity contribution in [2.75, 3.05) is 19.5 Å². The summed E-state index contributed by atoms with van der Waals surface area (Å²) in [6.45, 7) is 1.55. The van der Waals surface area contributed by atoms with E-state index in [0.29, 0.717) is 10.8 Å². The number of nitrogens with one attached hydrogen (secondary N) is 1. The van der Waals surface area contributed by atoms with Gasteiger partial charge in [-0.15, -0.1) is 0 Å². The predicted octanol–water partition coefficient (Wildman–Crippen LogP) is 3.32. The van der Waals surface area contributed by atoms with Gasteiger partial charge in [-0.3, -0.25) is 4.79 Å². The van der Waals surface area contributed by atoms with Crippen LogP contribution >= 0.6 is 11.6 Å². The second-order valence-corrected chi connectivity index (χ2v) is 5.88. The summed E-state index contributed by atoms with van der Waals surface area (Å²) in [6.07, 6.45) is -0.876. The van der Waals surface area contributed by atoms with Crippen LogP contribution in [0.3, 0.4) is 0 Å². The summed E-state index contributed by atoms with van der Waals surface area (Å²) in [4.78, 5) is 36.1. The molecule has 7 nitrogen and oxygen atoms in total. The number of halogens is 1. The quantitative estimate of drug-likeness (QED) is 0.759. The molecule has 2 aromatic carbocycles. The van der Waals surface area contributed by atoms with Gasteiger partial charge < -0.3 is 19.5 Å². The molecule has 0 saturated carbocycles. The molecule has 0 aromatic heterocycles. The number of methoxy groups -OCH3 is 2. The number of carbonyl (C=O) groups excluding carboxylic acids is 3. The lowest BCUT2D eigenvalue weighted by Gasteiger charge is -2.16. The number of hydrogen-bond acceptors (Lipinski definition) is 6. The smallest absolute Gasteiger partial charge is 0.339 e. The van der Waals surface area contributed by atoms with Crippen molar-refractivity contribution in [3.8, 4) is 5.75 Å². The molecule has 0 bridgehead atoms. The van der Waals surface area contributed by atoms with E-state index in [4.69, 9.17) is 21.1 Å². The molecule has 2 rings (SSSR count). The van der Waals surface area contributed by atoms with Gasteiger partial charge in [-0.05, 0) is 49.4 Å². The van der Waals surface area contributed by atoms with Gasteiger partial charge in [0.05, 0.1) is 31.0 Å². The standard InChI is InChI=1S/C19H18ClNO6/c1-11(27-14-7-5-13(20)6-8-14)17(22)21-16-10-12(18(23)25-2)4-9-15(16)19(24)26-3/h4-11H,1-3H3,(H,21,22)/t11-/m0/s1. The van der Waals surface area contributed by atoms with E-state index in [9.17, 15) is 14.4 Å². The first-order valence-electron chi connectivity index (χ1n) is 7.89. The van der Waals surface area contributed by atoms with Crippen LogP contribution in [0, 0.1) is 0 Å². The number of esters is 2. The van der Waals surface area contributed by atoms with Crippen molar-refractivity contribution in [1.29, 1.82) is 0 Å². The van der Waals surface area contributed by atoms with Crippen molar-refractivity contribution in [2.24, 2.45) is 0 Å². The molecule has 0 heterocycles. The highest BCUT2D eigenvalue weighted by Crippen LogP contribution is 2.21. The molecule has 0 saturated heterocycles. The third kappa shape index (κ3) is 5.21. The summed E-state index contributed by atoms with van der Waals surface area (Å²) < 4.78 is 14.9. The van der Waals surface area contributed by atoms with Gasteiger partial charge in [-0.25, -0.2) is 9.59 Å². The Kier molecular flexibility index (Phi) is 6.79. The average Bonchev–Trinajstić information content (AvgIpc) is 2.68. The fourth-order valence-electron chi connectivity index (χ4n) is 2.19. The minimum Gasteiger partial charge on any atom is -0.481 e. The van der Waals surface area contributed by atoms with Crippen molar-refractivity contribution in [3.63, 3.8) is 0 Å². The average molecular weight is 392 g/mol. The van der Waals surface area contributed by atoms with Gasteiger partial charge in [0.15, 0.2) is 6.10 Å². The Balaban J connectivity index is 2.22. The Hall–Kier alpha value is -3.06. The van der Waals surface area contributed by atoms with Gasteiger partial charge >= 0.3 is 11.9 Å². The van der Waals surface area contributed by atoms with Crippen molar-refractivity contribution in [2.45, 2.75) is 13.0 Å². The summed E-state index contributed by atoms with van der Waals surface area (Å²) in [7, 11) is 2.45. The zero-order valence-electron chi connectivity index (χ0n) is 14.9. The van der Waals surface area contributed by atoms with Crippen LogP contribution in [0.1, 0.15) is 27.6 Å². The Morgan fingerprint density at radius 1 is 0.963 bits per heavy atom. The topological polar surface area (TPSA) is 90.9 Å². The van der Waals surface area contributed by atoms with E-state index in [1.54, 1.807) is 31.2 Å². The number of rotatable bonds is 6. The van der Waals surface area contributed by atoms with E-state index in [1.165, 1.54) is 32.4 Å². The number of anilines is 1. The highest BCUT2D eigenvalue weighted by molar-refractivity contribution is 6.30. The maximum atomic E-state index is 12.5. The first kappa shape index (κ1) is 20.3. The Bertz CT molecular complexity index is 850. The van der Waals surface area contributed by atoms with Crippen molar-refractivity contribution >= 4 is 35.1 Å². The van der Waals surface area contributed by atoms with Gasteiger partial charge in [-0.2, -0.15) is 0 Å². The molecular weight excluding hydrogens is 374 g/mol. The molecule has 0 spiro atoms. The molecule has 0 radical (unpaired) electrons. The number of ether oxygens (including phenoxy) is 3. The third-order valence-corrected chi connectivity index (χ3v) is 3.85. The predicted molar refractivity (Wildman–Crippen MR) is 99.3 cm³/mol. The van der Waals surface area contributed by atoms with Crippen LogP contribution in [0.25, 0.3) is 0 Å². The van der Waals surface area contributed by atoms with Gasteiger partial charge in [0, 0.05) is 5.02 Å². The fraction of sp³-hybridized carbons (Fsp3) is 0.211. The maximum absolute atomic E-state index is 12.5. The molecule has 142 valence electrons. The highest BCUT2D eigenvalue weighted by atomic mass is 35.5. The van der Waals surface area contributed by atoms with Crippen LogP contribution < -0.4 is 10.1 Å². The number of benzene rings is 2. The summed E-state index contributed by atoms with van der Waals surface area (Å²) in [5, 5.41) is 3.12. The Morgan fingerprint density at radius 3 is 2.19 bits per heavy atom. The van der Waals surface area contributed by atoms with E-state index < -0.39 is 23.9 Å². The van der Waals surface area contributed by atoms with E-state index in [2.05, 4.69) is 10.1 Å². The lowest BCUT2D eigenvalue weighted by atomic mass is 10.1. The summed E-state index contributed by atoms with van der Waals surface area (Å²) in [6, 6.07) is 10.6. The minimum absolute atomic E-state index is 0.0946. The highest BCUT2D eigenvalue weighted by Gasteiger charge is 2.21. The molecule has 0 fully saturated rings. The maximum Gasteiger partial charge on any atom is 0.339 e. The second-order valence-electron chi connectivity index (χ2n) is 5.45. The Morgan fingerprint density at radius 2 is 1.59 bits per heavy atom. The molecule has 1 amide bonds. The van der Waals surface area contributed by atoms with Gasteiger partial charge in [-0.1, -0.05) is 11.6 Å². The van der Waals surface area contributed by atoms with E-state index in [-0.39, 0.29) is 16.8 Å². The Labute approximate surface area is 161 Å². The molecule has 1 N–H and O–H groups in total. The van der Waals surface area contributed by atoms with Crippen LogP contribution in [-0.2, 0) is 14.3 Å². The largest absolute Gasteiger partial charge is 0.481 e. The normalized spacial score (nSPS) is 11.3. The molecule has 0 aliphatic carbocycles. The second kappa shape index (κ2) is 9.05. The first-order valence-corrected chi connectivity index (χ1v) is 8.27. The molecule has 0 unspecified atom stereocenters. The molecule has 0 aliphatic rings. The molecule has 0 aliphatic heterocycles. The summed E-state index contributed by atoms with van der Waals surface area (Å²) >= 11 is 5.81. The van der Waals surface area contributed by atoms with Crippen LogP contribution in [0.15, 0.2) is 42.5 Å². The zero-order chi connectivity index (χ0) is 20.0. The summed E-state index contributed by atoms with van der Waals surface area (Å²) in [5.41, 5.74) is 0.380. The van der Waals surface area contributed by atoms with Crippen LogP contribution in [0.2, 0.25) is 5.02 Å². The fourth-order valence-corrected chi connectivity index (χ4v) is 2.31. The van der Waals surface area contributed by atoms with Crippen LogP contribution in [0.4, 0.5) is 5.69 Å². The van der Waals surface area contributed by atoms with Crippen LogP contribution in [-0.4, -0.2) is 38.2 Å². The molecule has 27 heavy (non-hydrogen) atoms. The van der Waals surface area contributed by atoms with Crippen molar-refractivity contribution in [3.05, 3.63) is 58.6 Å². The number of hydrogen-bond donors (Lipinski definition) is 1. The van der Waals surface area contributed by atoms with Gasteiger partial charge in [0.2, 0.25) is 0 Å². The third-order valence-electron chi connectivity index (χ3n) is 3.60. The van der Waals surface area contributed by atoms with Gasteiger partial charge in [0.1, 0.15) is 5.75 Å². The number of carbonyl (C=O) groups is 3. The molecule has 2 aromatic rings. The van der Waals surface area contributed by atoms with Gasteiger partial charge in [0.25, 0.3) is 5.91 Å². The molecule has 1 atom stereocenters. The van der Waals surface area contributed by atoms with Crippen LogP contribution in [0.5, 0.6) is 5.75 Å². The van der Waals surface area contributed by atoms with Crippen molar-refractivity contribution in [1.82, 2.24) is 0 Å². The zero-order valence-corrected chi connectivity index (χ0v) is 15.7. The van der Waals surface area contributed by atoms with E-state index in [0.717, 1.165) is 0 Å².